The molecule has 0 saturated carbocycles. The monoisotopic (exact) mass is 342 g/mol. The largest absolute Gasteiger partial charge is 0.454 e. The van der Waals surface area contributed by atoms with E-state index in [4.69, 9.17) is 21.1 Å². The van der Waals surface area contributed by atoms with Gasteiger partial charge in [-0.3, -0.25) is 4.99 Å². The maximum atomic E-state index is 11.7. The average molecular weight is 343 g/mol. The lowest BCUT2D eigenvalue weighted by atomic mass is 9.86. The molecule has 5 nitrogen and oxygen atoms in total. The Morgan fingerprint density at radius 1 is 1.12 bits per heavy atom. The van der Waals surface area contributed by atoms with E-state index in [9.17, 15) is 5.11 Å². The van der Waals surface area contributed by atoms with Gasteiger partial charge in [-0.2, -0.15) is 0 Å². The maximum absolute atomic E-state index is 11.7. The number of benzene rings is 2. The van der Waals surface area contributed by atoms with E-state index in [0.717, 1.165) is 24.2 Å². The normalized spacial score (nSPS) is 23.8. The molecule has 3 heterocycles. The highest BCUT2D eigenvalue weighted by atomic mass is 35.5. The summed E-state index contributed by atoms with van der Waals surface area (Å²) in [5.74, 6) is 1.98. The van der Waals surface area contributed by atoms with Crippen molar-refractivity contribution in [2.45, 2.75) is 12.0 Å². The molecule has 122 valence electrons. The van der Waals surface area contributed by atoms with Crippen LogP contribution in [0.15, 0.2) is 41.4 Å². The SMILES string of the molecule is OC1(c2ccc3c(c2)OCO3)C2=NCCCN2c2ccc(Cl)cc21. The molecular weight excluding hydrogens is 328 g/mol. The lowest BCUT2D eigenvalue weighted by Gasteiger charge is -2.30. The van der Waals surface area contributed by atoms with Gasteiger partial charge in [0.2, 0.25) is 6.79 Å². The number of aliphatic hydroxyl groups is 1. The number of aliphatic imine (C=N–C) groups is 1. The summed E-state index contributed by atoms with van der Waals surface area (Å²) in [6.45, 7) is 1.74. The van der Waals surface area contributed by atoms with Crippen LogP contribution in [0.5, 0.6) is 11.5 Å². The van der Waals surface area contributed by atoms with Gasteiger partial charge < -0.3 is 19.5 Å². The van der Waals surface area contributed by atoms with Crippen molar-refractivity contribution in [3.63, 3.8) is 0 Å². The van der Waals surface area contributed by atoms with E-state index >= 15 is 0 Å². The number of amidine groups is 1. The summed E-state index contributed by atoms with van der Waals surface area (Å²) in [4.78, 5) is 6.72. The van der Waals surface area contributed by atoms with Crippen molar-refractivity contribution in [1.82, 2.24) is 0 Å². The number of halogens is 1. The summed E-state index contributed by atoms with van der Waals surface area (Å²) >= 11 is 6.22. The molecule has 1 atom stereocenters. The van der Waals surface area contributed by atoms with E-state index < -0.39 is 5.60 Å². The van der Waals surface area contributed by atoms with Crippen LogP contribution in [-0.2, 0) is 5.60 Å². The number of rotatable bonds is 1. The standard InChI is InChI=1S/C18H15ClN2O3/c19-12-3-4-14-13(9-12)18(22,17-20-6-1-7-21(14)17)11-2-5-15-16(8-11)24-10-23-15/h2-5,8-9,22H,1,6-7,10H2. The van der Waals surface area contributed by atoms with Crippen molar-refractivity contribution in [1.29, 1.82) is 0 Å². The molecule has 1 N–H and O–H groups in total. The molecule has 1 unspecified atom stereocenters. The van der Waals surface area contributed by atoms with Crippen molar-refractivity contribution in [2.75, 3.05) is 24.8 Å². The summed E-state index contributed by atoms with van der Waals surface area (Å²) in [6, 6.07) is 11.1. The predicted octanol–water partition coefficient (Wildman–Crippen LogP) is 2.93. The fourth-order valence-electron chi connectivity index (χ4n) is 3.71. The summed E-state index contributed by atoms with van der Waals surface area (Å²) in [5.41, 5.74) is 1.09. The van der Waals surface area contributed by atoms with Gasteiger partial charge in [0.15, 0.2) is 17.1 Å². The van der Waals surface area contributed by atoms with Gasteiger partial charge in [0, 0.05) is 29.4 Å². The lowest BCUT2D eigenvalue weighted by Crippen LogP contribution is -2.44. The van der Waals surface area contributed by atoms with Crippen LogP contribution in [0.25, 0.3) is 0 Å². The van der Waals surface area contributed by atoms with Crippen LogP contribution in [0.2, 0.25) is 5.02 Å². The first-order valence-electron chi connectivity index (χ1n) is 7.93. The fourth-order valence-corrected chi connectivity index (χ4v) is 3.88. The van der Waals surface area contributed by atoms with E-state index in [1.807, 2.05) is 36.4 Å². The number of fused-ring (bicyclic) bond motifs is 4. The molecule has 0 amide bonds. The van der Waals surface area contributed by atoms with Gasteiger partial charge in [0.1, 0.15) is 5.84 Å². The molecule has 0 aromatic heterocycles. The molecule has 0 saturated heterocycles. The Morgan fingerprint density at radius 3 is 2.92 bits per heavy atom. The van der Waals surface area contributed by atoms with Crippen LogP contribution in [0.4, 0.5) is 5.69 Å². The second kappa shape index (κ2) is 4.88. The van der Waals surface area contributed by atoms with Crippen LogP contribution in [0, 0.1) is 0 Å². The van der Waals surface area contributed by atoms with Crippen LogP contribution in [0.3, 0.4) is 0 Å². The Morgan fingerprint density at radius 2 is 2.00 bits per heavy atom. The molecule has 6 heteroatoms. The molecule has 0 fully saturated rings. The Bertz CT molecular complexity index is 883. The zero-order valence-corrected chi connectivity index (χ0v) is 13.6. The minimum Gasteiger partial charge on any atom is -0.454 e. The number of hydrogen-bond donors (Lipinski definition) is 1. The minimum atomic E-state index is -1.33. The van der Waals surface area contributed by atoms with E-state index in [1.165, 1.54) is 0 Å². The number of hydrogen-bond acceptors (Lipinski definition) is 5. The molecule has 3 aliphatic rings. The van der Waals surface area contributed by atoms with Crippen molar-refractivity contribution in [2.24, 2.45) is 4.99 Å². The quantitative estimate of drug-likeness (QED) is 0.865. The van der Waals surface area contributed by atoms with Gasteiger partial charge in [0.05, 0.1) is 0 Å². The lowest BCUT2D eigenvalue weighted by molar-refractivity contribution is 0.157. The second-order valence-corrected chi connectivity index (χ2v) is 6.59. The Balaban J connectivity index is 1.76. The molecule has 0 spiro atoms. The third kappa shape index (κ3) is 1.77. The van der Waals surface area contributed by atoms with E-state index in [-0.39, 0.29) is 6.79 Å². The predicted molar refractivity (Wildman–Crippen MR) is 91.3 cm³/mol. The highest BCUT2D eigenvalue weighted by Crippen LogP contribution is 2.48. The summed E-state index contributed by atoms with van der Waals surface area (Å²) in [6.07, 6.45) is 0.961. The Hall–Kier alpha value is -2.24. The average Bonchev–Trinajstić information content (AvgIpc) is 3.17. The molecule has 2 aromatic carbocycles. The third-order valence-electron chi connectivity index (χ3n) is 4.81. The molecule has 0 aliphatic carbocycles. The molecule has 2 aromatic rings. The first-order chi connectivity index (χ1) is 11.7. The molecule has 3 aliphatic heterocycles. The van der Waals surface area contributed by atoms with Crippen LogP contribution in [0.1, 0.15) is 17.5 Å². The maximum Gasteiger partial charge on any atom is 0.231 e. The van der Waals surface area contributed by atoms with Crippen molar-refractivity contribution < 1.29 is 14.6 Å². The van der Waals surface area contributed by atoms with Crippen LogP contribution < -0.4 is 14.4 Å². The van der Waals surface area contributed by atoms with Gasteiger partial charge in [-0.1, -0.05) is 17.7 Å². The topological polar surface area (TPSA) is 54.3 Å². The van der Waals surface area contributed by atoms with Crippen molar-refractivity contribution >= 4 is 23.1 Å². The molecule has 24 heavy (non-hydrogen) atoms. The molecule has 0 radical (unpaired) electrons. The fraction of sp³-hybridized carbons (Fsp3) is 0.278. The smallest absolute Gasteiger partial charge is 0.231 e. The first kappa shape index (κ1) is 14.1. The zero-order chi connectivity index (χ0) is 16.3. The Labute approximate surface area is 144 Å². The first-order valence-corrected chi connectivity index (χ1v) is 8.31. The molecular formula is C18H15ClN2O3. The third-order valence-corrected chi connectivity index (χ3v) is 5.05. The minimum absolute atomic E-state index is 0.201. The Kier molecular flexibility index (Phi) is 2.87. The van der Waals surface area contributed by atoms with Gasteiger partial charge >= 0.3 is 0 Å². The summed E-state index contributed by atoms with van der Waals surface area (Å²) < 4.78 is 10.9. The van der Waals surface area contributed by atoms with Gasteiger partial charge in [-0.25, -0.2) is 0 Å². The van der Waals surface area contributed by atoms with Gasteiger partial charge in [-0.15, -0.1) is 0 Å². The molecule has 5 rings (SSSR count). The second-order valence-electron chi connectivity index (χ2n) is 6.15. The van der Waals surface area contributed by atoms with E-state index in [2.05, 4.69) is 9.89 Å². The zero-order valence-electron chi connectivity index (χ0n) is 12.8. The van der Waals surface area contributed by atoms with Crippen LogP contribution in [-0.4, -0.2) is 30.8 Å². The van der Waals surface area contributed by atoms with Gasteiger partial charge in [-0.05, 0) is 42.3 Å². The number of nitrogens with zero attached hydrogens (tertiary/aromatic N) is 2. The number of ether oxygens (including phenoxy) is 2. The summed E-state index contributed by atoms with van der Waals surface area (Å²) in [7, 11) is 0. The van der Waals surface area contributed by atoms with E-state index in [0.29, 0.717) is 34.5 Å². The summed E-state index contributed by atoms with van der Waals surface area (Å²) in [5, 5.41) is 12.3. The van der Waals surface area contributed by atoms with E-state index in [1.54, 1.807) is 0 Å². The van der Waals surface area contributed by atoms with Crippen molar-refractivity contribution in [3.05, 3.63) is 52.5 Å². The number of anilines is 1. The highest BCUT2D eigenvalue weighted by Gasteiger charge is 2.50. The molecule has 0 bridgehead atoms. The highest BCUT2D eigenvalue weighted by molar-refractivity contribution is 6.31. The van der Waals surface area contributed by atoms with Gasteiger partial charge in [0.25, 0.3) is 0 Å². The van der Waals surface area contributed by atoms with Crippen LogP contribution >= 0.6 is 11.6 Å². The van der Waals surface area contributed by atoms with Crippen molar-refractivity contribution in [3.8, 4) is 11.5 Å².